The number of nitrogens with zero attached hydrogens (tertiary/aromatic N) is 1. The van der Waals surface area contributed by atoms with E-state index in [1.165, 1.54) is 17.5 Å². The number of amides is 1. The van der Waals surface area contributed by atoms with Gasteiger partial charge in [-0.05, 0) is 55.5 Å². The minimum atomic E-state index is -0.159. The molecule has 0 bridgehead atoms. The van der Waals surface area contributed by atoms with Crippen LogP contribution >= 0.6 is 0 Å². The summed E-state index contributed by atoms with van der Waals surface area (Å²) in [4.78, 5) is 28.6. The number of carbonyl (C=O) groups excluding carboxylic acids is 2. The smallest absolute Gasteiger partial charge is 0.220 e. The van der Waals surface area contributed by atoms with Crippen LogP contribution in [0.2, 0.25) is 0 Å². The van der Waals surface area contributed by atoms with Gasteiger partial charge in [0.05, 0.1) is 11.7 Å². The summed E-state index contributed by atoms with van der Waals surface area (Å²) in [5.41, 5.74) is 4.18. The molecule has 4 nitrogen and oxygen atoms in total. The first-order valence-corrected chi connectivity index (χ1v) is 8.49. The van der Waals surface area contributed by atoms with Gasteiger partial charge in [-0.15, -0.1) is 0 Å². The van der Waals surface area contributed by atoms with Crippen LogP contribution < -0.4 is 5.32 Å². The molecule has 0 saturated carbocycles. The van der Waals surface area contributed by atoms with Crippen LogP contribution in [0.1, 0.15) is 59.4 Å². The van der Waals surface area contributed by atoms with Crippen LogP contribution in [-0.2, 0) is 17.6 Å². The summed E-state index contributed by atoms with van der Waals surface area (Å²) < 4.78 is 0. The second kappa shape index (κ2) is 7.39. The minimum absolute atomic E-state index is 0.0327. The summed E-state index contributed by atoms with van der Waals surface area (Å²) >= 11 is 0. The van der Waals surface area contributed by atoms with Crippen molar-refractivity contribution >= 4 is 11.7 Å². The molecule has 4 heteroatoms. The van der Waals surface area contributed by atoms with E-state index in [2.05, 4.69) is 16.4 Å². The van der Waals surface area contributed by atoms with Crippen molar-refractivity contribution in [2.24, 2.45) is 0 Å². The van der Waals surface area contributed by atoms with Crippen LogP contribution in [-0.4, -0.2) is 16.7 Å². The Bertz CT molecular complexity index is 741. The molecule has 0 radical (unpaired) electrons. The molecule has 24 heavy (non-hydrogen) atoms. The summed E-state index contributed by atoms with van der Waals surface area (Å²) in [5, 5.41) is 2.89. The van der Waals surface area contributed by atoms with E-state index in [4.69, 9.17) is 0 Å². The zero-order valence-electron chi connectivity index (χ0n) is 13.9. The molecule has 1 amide bonds. The third kappa shape index (κ3) is 3.88. The number of hydrogen-bond acceptors (Lipinski definition) is 3. The summed E-state index contributed by atoms with van der Waals surface area (Å²) in [5.74, 6) is -0.0898. The molecule has 1 heterocycles. The largest absolute Gasteiger partial charge is 0.348 e. The van der Waals surface area contributed by atoms with Gasteiger partial charge in [0.1, 0.15) is 0 Å². The Hall–Kier alpha value is -2.49. The molecule has 1 aromatic carbocycles. The summed E-state index contributed by atoms with van der Waals surface area (Å²) in [6.07, 6.45) is 5.47. The highest BCUT2D eigenvalue weighted by molar-refractivity contribution is 5.98. The number of Topliss-reactive ketones (excluding diaryl/α,β-unsaturated/α-hetero) is 1. The van der Waals surface area contributed by atoms with Crippen LogP contribution in [0.25, 0.3) is 0 Å². The Morgan fingerprint density at radius 3 is 2.75 bits per heavy atom. The fourth-order valence-electron chi connectivity index (χ4n) is 3.14. The Balaban J connectivity index is 1.51. The number of fused-ring (bicyclic) bond motifs is 1. The predicted molar refractivity (Wildman–Crippen MR) is 92.8 cm³/mol. The molecule has 1 N–H and O–H groups in total. The number of pyridine rings is 1. The van der Waals surface area contributed by atoms with E-state index >= 15 is 0 Å². The SMILES string of the molecule is C[C@@H](NC(=O)CCC(=O)c1ccc2c(c1)CCC2)c1ccccn1. The highest BCUT2D eigenvalue weighted by atomic mass is 16.2. The normalized spacial score (nSPS) is 14.0. The number of hydrogen-bond donors (Lipinski definition) is 1. The Morgan fingerprint density at radius 2 is 1.96 bits per heavy atom. The van der Waals surface area contributed by atoms with Crippen LogP contribution in [0.15, 0.2) is 42.6 Å². The third-order valence-corrected chi connectivity index (χ3v) is 4.51. The van der Waals surface area contributed by atoms with Crippen LogP contribution in [0.3, 0.4) is 0 Å². The van der Waals surface area contributed by atoms with E-state index in [0.717, 1.165) is 24.1 Å². The van der Waals surface area contributed by atoms with Crippen molar-refractivity contribution in [2.45, 2.75) is 45.1 Å². The standard InChI is InChI=1S/C20H22N2O2/c1-14(18-7-2-3-12-21-18)22-20(24)11-10-19(23)17-9-8-15-5-4-6-16(15)13-17/h2-3,7-9,12-14H,4-6,10-11H2,1H3,(H,22,24)/t14-/m1/s1. The number of rotatable bonds is 6. The molecule has 1 aliphatic carbocycles. The molecule has 2 aromatic rings. The molecule has 0 aliphatic heterocycles. The van der Waals surface area contributed by atoms with Crippen LogP contribution in [0, 0.1) is 0 Å². The summed E-state index contributed by atoms with van der Waals surface area (Å²) in [6, 6.07) is 11.4. The van der Waals surface area contributed by atoms with Crippen molar-refractivity contribution in [3.05, 3.63) is 65.0 Å². The monoisotopic (exact) mass is 322 g/mol. The van der Waals surface area contributed by atoms with Gasteiger partial charge in [0, 0.05) is 24.6 Å². The van der Waals surface area contributed by atoms with Gasteiger partial charge in [-0.25, -0.2) is 0 Å². The Labute approximate surface area is 142 Å². The number of nitrogens with one attached hydrogen (secondary N) is 1. The molecule has 124 valence electrons. The zero-order chi connectivity index (χ0) is 16.9. The van der Waals surface area contributed by atoms with Crippen molar-refractivity contribution in [1.29, 1.82) is 0 Å². The van der Waals surface area contributed by atoms with Crippen LogP contribution in [0.4, 0.5) is 0 Å². The quantitative estimate of drug-likeness (QED) is 0.829. The van der Waals surface area contributed by atoms with Crippen molar-refractivity contribution in [3.63, 3.8) is 0 Å². The lowest BCUT2D eigenvalue weighted by molar-refractivity contribution is -0.121. The first-order valence-electron chi connectivity index (χ1n) is 8.49. The lowest BCUT2D eigenvalue weighted by Crippen LogP contribution is -2.27. The van der Waals surface area contributed by atoms with E-state index in [0.29, 0.717) is 0 Å². The van der Waals surface area contributed by atoms with E-state index in [1.807, 2.05) is 37.3 Å². The van der Waals surface area contributed by atoms with Gasteiger partial charge in [0.25, 0.3) is 0 Å². The first-order chi connectivity index (χ1) is 11.6. The van der Waals surface area contributed by atoms with Crippen molar-refractivity contribution in [1.82, 2.24) is 10.3 Å². The van der Waals surface area contributed by atoms with Crippen molar-refractivity contribution in [2.75, 3.05) is 0 Å². The minimum Gasteiger partial charge on any atom is -0.348 e. The molecular formula is C20H22N2O2. The van der Waals surface area contributed by atoms with Gasteiger partial charge in [-0.2, -0.15) is 0 Å². The average molecular weight is 322 g/mol. The van der Waals surface area contributed by atoms with Gasteiger partial charge in [-0.1, -0.05) is 18.2 Å². The van der Waals surface area contributed by atoms with Gasteiger partial charge in [0.15, 0.2) is 5.78 Å². The fourth-order valence-corrected chi connectivity index (χ4v) is 3.14. The van der Waals surface area contributed by atoms with Gasteiger partial charge in [-0.3, -0.25) is 14.6 Å². The van der Waals surface area contributed by atoms with Crippen LogP contribution in [0.5, 0.6) is 0 Å². The highest BCUT2D eigenvalue weighted by Crippen LogP contribution is 2.23. The number of ketones is 1. The summed E-state index contributed by atoms with van der Waals surface area (Å²) in [6.45, 7) is 1.89. The van der Waals surface area contributed by atoms with Gasteiger partial charge >= 0.3 is 0 Å². The van der Waals surface area contributed by atoms with Crippen molar-refractivity contribution in [3.8, 4) is 0 Å². The maximum Gasteiger partial charge on any atom is 0.220 e. The van der Waals surface area contributed by atoms with E-state index in [1.54, 1.807) is 6.20 Å². The number of aryl methyl sites for hydroxylation is 2. The van der Waals surface area contributed by atoms with E-state index < -0.39 is 0 Å². The van der Waals surface area contributed by atoms with Gasteiger partial charge in [0.2, 0.25) is 5.91 Å². The maximum absolute atomic E-state index is 12.3. The molecule has 1 aromatic heterocycles. The number of benzene rings is 1. The molecule has 0 fully saturated rings. The molecule has 0 unspecified atom stereocenters. The first kappa shape index (κ1) is 16.4. The topological polar surface area (TPSA) is 59.1 Å². The van der Waals surface area contributed by atoms with E-state index in [-0.39, 0.29) is 30.6 Å². The van der Waals surface area contributed by atoms with E-state index in [9.17, 15) is 9.59 Å². The summed E-state index contributed by atoms with van der Waals surface area (Å²) in [7, 11) is 0. The molecule has 0 saturated heterocycles. The second-order valence-electron chi connectivity index (χ2n) is 6.30. The lowest BCUT2D eigenvalue weighted by Gasteiger charge is -2.13. The zero-order valence-corrected chi connectivity index (χ0v) is 13.9. The lowest BCUT2D eigenvalue weighted by atomic mass is 10.0. The Morgan fingerprint density at radius 1 is 1.12 bits per heavy atom. The second-order valence-corrected chi connectivity index (χ2v) is 6.30. The Kier molecular flexibility index (Phi) is 5.04. The molecular weight excluding hydrogens is 300 g/mol. The molecule has 0 spiro atoms. The van der Waals surface area contributed by atoms with Gasteiger partial charge < -0.3 is 5.32 Å². The molecule has 1 aliphatic rings. The molecule has 1 atom stereocenters. The highest BCUT2D eigenvalue weighted by Gasteiger charge is 2.16. The number of aromatic nitrogens is 1. The predicted octanol–water partition coefficient (Wildman–Crippen LogP) is 3.41. The number of carbonyl (C=O) groups is 2. The average Bonchev–Trinajstić information content (AvgIpc) is 3.08. The molecule has 3 rings (SSSR count). The fraction of sp³-hybridized carbons (Fsp3) is 0.350. The third-order valence-electron chi connectivity index (χ3n) is 4.51. The van der Waals surface area contributed by atoms with Crippen molar-refractivity contribution < 1.29 is 9.59 Å². The maximum atomic E-state index is 12.3.